The summed E-state index contributed by atoms with van der Waals surface area (Å²) in [6, 6.07) is 17.3. The third kappa shape index (κ3) is 4.25. The molecule has 1 aliphatic carbocycles. The van der Waals surface area contributed by atoms with E-state index in [0.717, 1.165) is 18.4 Å². The lowest BCUT2D eigenvalue weighted by atomic mass is 9.86. The Bertz CT molecular complexity index is 796. The van der Waals surface area contributed by atoms with Crippen LogP contribution in [0.4, 0.5) is 10.5 Å². The first-order chi connectivity index (χ1) is 12.7. The van der Waals surface area contributed by atoms with Crippen molar-refractivity contribution in [3.8, 4) is 11.8 Å². The molecule has 0 unspecified atom stereocenters. The first kappa shape index (κ1) is 17.6. The van der Waals surface area contributed by atoms with Gasteiger partial charge in [-0.2, -0.15) is 5.26 Å². The van der Waals surface area contributed by atoms with Crippen LogP contribution in [0, 0.1) is 11.3 Å². The van der Waals surface area contributed by atoms with E-state index in [0.29, 0.717) is 17.0 Å². The normalized spacial score (nSPS) is 18.2. The molecule has 0 atom stereocenters. The van der Waals surface area contributed by atoms with Crippen LogP contribution in [0.3, 0.4) is 0 Å². The second-order valence-electron chi connectivity index (χ2n) is 6.21. The molecule has 0 saturated heterocycles. The van der Waals surface area contributed by atoms with Gasteiger partial charge in [-0.3, -0.25) is 0 Å². The lowest BCUT2D eigenvalue weighted by molar-refractivity contribution is 0.129. The van der Waals surface area contributed by atoms with Gasteiger partial charge in [-0.1, -0.05) is 36.4 Å². The fraction of sp³-hybridized carbons (Fsp3) is 0.300. The van der Waals surface area contributed by atoms with Gasteiger partial charge in [0.25, 0.3) is 0 Å². The van der Waals surface area contributed by atoms with Gasteiger partial charge in [0.05, 0.1) is 18.4 Å². The van der Waals surface area contributed by atoms with Gasteiger partial charge in [0, 0.05) is 12.1 Å². The molecule has 0 radical (unpaired) electrons. The Hall–Kier alpha value is -3.20. The molecule has 134 valence electrons. The zero-order valence-electron chi connectivity index (χ0n) is 14.6. The van der Waals surface area contributed by atoms with Crippen LogP contribution in [0.25, 0.3) is 0 Å². The second-order valence-corrected chi connectivity index (χ2v) is 6.21. The number of anilines is 1. The smallest absolute Gasteiger partial charge is 0.407 e. The van der Waals surface area contributed by atoms with E-state index in [-0.39, 0.29) is 18.7 Å². The summed E-state index contributed by atoms with van der Waals surface area (Å²) in [6.07, 6.45) is 1.12. The predicted octanol–water partition coefficient (Wildman–Crippen LogP) is 3.44. The zero-order chi connectivity index (χ0) is 18.4. The van der Waals surface area contributed by atoms with Gasteiger partial charge in [0.1, 0.15) is 18.4 Å². The van der Waals surface area contributed by atoms with Crippen molar-refractivity contribution in [1.82, 2.24) is 5.32 Å². The number of benzene rings is 2. The number of alkyl carbamates (subject to hydrolysis) is 1. The number of nitrogens with one attached hydrogen (secondary N) is 2. The number of amides is 1. The van der Waals surface area contributed by atoms with E-state index < -0.39 is 6.09 Å². The van der Waals surface area contributed by atoms with Gasteiger partial charge in [-0.15, -0.1) is 0 Å². The summed E-state index contributed by atoms with van der Waals surface area (Å²) in [5, 5.41) is 15.4. The Balaban J connectivity index is 1.45. The van der Waals surface area contributed by atoms with Crippen molar-refractivity contribution in [1.29, 1.82) is 5.26 Å². The Morgan fingerprint density at radius 1 is 1.15 bits per heavy atom. The van der Waals surface area contributed by atoms with Crippen LogP contribution < -0.4 is 15.4 Å². The highest BCUT2D eigenvalue weighted by Crippen LogP contribution is 2.32. The van der Waals surface area contributed by atoms with Crippen molar-refractivity contribution in [3.63, 3.8) is 0 Å². The number of nitrogens with zero attached hydrogens (tertiary/aromatic N) is 1. The molecule has 1 fully saturated rings. The van der Waals surface area contributed by atoms with Gasteiger partial charge in [-0.05, 0) is 30.5 Å². The summed E-state index contributed by atoms with van der Waals surface area (Å²) in [5.41, 5.74) is 2.20. The summed E-state index contributed by atoms with van der Waals surface area (Å²) in [7, 11) is 1.58. The molecular formula is C20H21N3O3. The summed E-state index contributed by atoms with van der Waals surface area (Å²) in [6.45, 7) is 0.258. The number of rotatable bonds is 6. The van der Waals surface area contributed by atoms with Crippen LogP contribution in [0.15, 0.2) is 48.5 Å². The largest absolute Gasteiger partial charge is 0.495 e. The highest BCUT2D eigenvalue weighted by atomic mass is 16.5. The summed E-state index contributed by atoms with van der Waals surface area (Å²) >= 11 is 0. The van der Waals surface area contributed by atoms with Gasteiger partial charge in [-0.25, -0.2) is 4.79 Å². The average Bonchev–Trinajstić information content (AvgIpc) is 2.65. The van der Waals surface area contributed by atoms with Crippen LogP contribution in [0.5, 0.6) is 5.75 Å². The molecular weight excluding hydrogens is 330 g/mol. The minimum absolute atomic E-state index is 0.0658. The van der Waals surface area contributed by atoms with Gasteiger partial charge in [0.2, 0.25) is 0 Å². The lowest BCUT2D eigenvalue weighted by Crippen LogP contribution is -2.49. The molecule has 2 aromatic carbocycles. The second kappa shape index (κ2) is 8.26. The quantitative estimate of drug-likeness (QED) is 0.833. The van der Waals surface area contributed by atoms with E-state index in [1.165, 1.54) is 0 Å². The van der Waals surface area contributed by atoms with Crippen molar-refractivity contribution in [2.45, 2.75) is 31.5 Å². The fourth-order valence-corrected chi connectivity index (χ4v) is 2.93. The molecule has 0 bridgehead atoms. The molecule has 6 nitrogen and oxygen atoms in total. The molecule has 1 amide bonds. The average molecular weight is 351 g/mol. The van der Waals surface area contributed by atoms with Crippen molar-refractivity contribution < 1.29 is 14.3 Å². The third-order valence-electron chi connectivity index (χ3n) is 4.39. The third-order valence-corrected chi connectivity index (χ3v) is 4.39. The minimum Gasteiger partial charge on any atom is -0.495 e. The zero-order valence-corrected chi connectivity index (χ0v) is 14.6. The molecule has 0 heterocycles. The molecule has 2 aromatic rings. The monoisotopic (exact) mass is 351 g/mol. The van der Waals surface area contributed by atoms with Crippen molar-refractivity contribution in [2.24, 2.45) is 0 Å². The highest BCUT2D eigenvalue weighted by Gasteiger charge is 2.31. The van der Waals surface area contributed by atoms with Crippen LogP contribution in [-0.4, -0.2) is 25.3 Å². The van der Waals surface area contributed by atoms with Crippen molar-refractivity contribution >= 4 is 11.8 Å². The van der Waals surface area contributed by atoms with E-state index in [1.54, 1.807) is 19.2 Å². The summed E-state index contributed by atoms with van der Waals surface area (Å²) in [4.78, 5) is 11.9. The maximum atomic E-state index is 11.9. The Kier molecular flexibility index (Phi) is 5.59. The van der Waals surface area contributed by atoms with E-state index in [9.17, 15) is 10.1 Å². The van der Waals surface area contributed by atoms with Crippen LogP contribution >= 0.6 is 0 Å². The summed E-state index contributed by atoms with van der Waals surface area (Å²) < 4.78 is 10.5. The number of para-hydroxylation sites is 1. The number of carbonyl (C=O) groups is 1. The molecule has 1 saturated carbocycles. The molecule has 1 aliphatic rings. The number of nitriles is 1. The molecule has 3 rings (SSSR count). The highest BCUT2D eigenvalue weighted by molar-refractivity contribution is 5.69. The van der Waals surface area contributed by atoms with Gasteiger partial charge < -0.3 is 20.1 Å². The molecule has 0 spiro atoms. The molecule has 0 aromatic heterocycles. The SMILES string of the molecule is COc1cccc(C#N)c1NC1CC(NC(=O)OCc2ccccc2)C1. The van der Waals surface area contributed by atoms with Crippen LogP contribution in [0.1, 0.15) is 24.0 Å². The van der Waals surface area contributed by atoms with E-state index in [4.69, 9.17) is 9.47 Å². The maximum Gasteiger partial charge on any atom is 0.407 e. The first-order valence-corrected chi connectivity index (χ1v) is 8.50. The van der Waals surface area contributed by atoms with E-state index in [2.05, 4.69) is 16.7 Å². The number of ether oxygens (including phenoxy) is 2. The van der Waals surface area contributed by atoms with Gasteiger partial charge >= 0.3 is 6.09 Å². The van der Waals surface area contributed by atoms with Crippen LogP contribution in [0.2, 0.25) is 0 Å². The number of methoxy groups -OCH3 is 1. The maximum absolute atomic E-state index is 11.9. The van der Waals surface area contributed by atoms with E-state index >= 15 is 0 Å². The summed E-state index contributed by atoms with van der Waals surface area (Å²) in [5.74, 6) is 0.641. The van der Waals surface area contributed by atoms with Gasteiger partial charge in [0.15, 0.2) is 0 Å². The number of carbonyl (C=O) groups excluding carboxylic acids is 1. The Labute approximate surface area is 152 Å². The number of hydrogen-bond donors (Lipinski definition) is 2. The molecule has 0 aliphatic heterocycles. The minimum atomic E-state index is -0.410. The van der Waals surface area contributed by atoms with E-state index in [1.807, 2.05) is 36.4 Å². The standard InChI is InChI=1S/C20H21N3O3/c1-25-18-9-5-8-15(12-21)19(18)22-16-10-17(11-16)23-20(24)26-13-14-6-3-2-4-7-14/h2-9,16-17,22H,10-11,13H2,1H3,(H,23,24). The Morgan fingerprint density at radius 3 is 2.62 bits per heavy atom. The van der Waals surface area contributed by atoms with Crippen molar-refractivity contribution in [3.05, 3.63) is 59.7 Å². The van der Waals surface area contributed by atoms with Crippen molar-refractivity contribution in [2.75, 3.05) is 12.4 Å². The predicted molar refractivity (Wildman–Crippen MR) is 97.9 cm³/mol. The topological polar surface area (TPSA) is 83.4 Å². The number of hydrogen-bond acceptors (Lipinski definition) is 5. The van der Waals surface area contributed by atoms with Crippen LogP contribution in [-0.2, 0) is 11.3 Å². The fourth-order valence-electron chi connectivity index (χ4n) is 2.93. The molecule has 2 N–H and O–H groups in total. The first-order valence-electron chi connectivity index (χ1n) is 8.50. The molecule has 6 heteroatoms. The molecule has 26 heavy (non-hydrogen) atoms. The lowest BCUT2D eigenvalue weighted by Gasteiger charge is -2.37. The Morgan fingerprint density at radius 2 is 1.92 bits per heavy atom.